The molecule has 0 N–H and O–H groups in total. The maximum atomic E-state index is 5.53. The van der Waals surface area contributed by atoms with Crippen LogP contribution in [0.2, 0.25) is 0 Å². The van der Waals surface area contributed by atoms with Crippen LogP contribution >= 0.6 is 15.9 Å². The van der Waals surface area contributed by atoms with E-state index in [1.807, 2.05) is 0 Å². The van der Waals surface area contributed by atoms with E-state index < -0.39 is 0 Å². The molecular formula is C16H17BrNO+. The van der Waals surface area contributed by atoms with E-state index in [-0.39, 0.29) is 0 Å². The van der Waals surface area contributed by atoms with Crippen LogP contribution in [-0.4, -0.2) is 30.8 Å². The van der Waals surface area contributed by atoms with Crippen LogP contribution in [0.15, 0.2) is 34.8 Å². The van der Waals surface area contributed by atoms with E-state index in [2.05, 4.69) is 46.3 Å². The van der Waals surface area contributed by atoms with Crippen molar-refractivity contribution in [2.75, 3.05) is 26.3 Å². The van der Waals surface area contributed by atoms with Crippen LogP contribution in [0.5, 0.6) is 0 Å². The molecule has 2 aliphatic rings. The predicted molar refractivity (Wildman–Crippen MR) is 79.9 cm³/mol. The van der Waals surface area contributed by atoms with Gasteiger partial charge in [-0.25, -0.2) is 0 Å². The minimum absolute atomic E-state index is 0.916. The largest absolute Gasteiger partial charge is 0.370 e. The molecule has 4 rings (SSSR count). The Hall–Kier alpha value is -0.900. The van der Waals surface area contributed by atoms with Gasteiger partial charge in [-0.15, -0.1) is 0 Å². The third-order valence-corrected chi connectivity index (χ3v) is 5.05. The van der Waals surface area contributed by atoms with Crippen LogP contribution in [0, 0.1) is 0 Å². The number of morpholine rings is 1. The van der Waals surface area contributed by atoms with Crippen molar-refractivity contribution in [2.45, 2.75) is 13.1 Å². The number of hydrogen-bond acceptors (Lipinski definition) is 1. The summed E-state index contributed by atoms with van der Waals surface area (Å²) < 4.78 is 7.89. The minimum atomic E-state index is 0.916. The lowest BCUT2D eigenvalue weighted by Gasteiger charge is -2.37. The van der Waals surface area contributed by atoms with Gasteiger partial charge in [0.05, 0.1) is 13.2 Å². The highest BCUT2D eigenvalue weighted by Crippen LogP contribution is 2.34. The van der Waals surface area contributed by atoms with Gasteiger partial charge in [0.15, 0.2) is 0 Å². The van der Waals surface area contributed by atoms with Gasteiger partial charge in [0.2, 0.25) is 0 Å². The van der Waals surface area contributed by atoms with E-state index in [0.29, 0.717) is 0 Å². The molecule has 0 amide bonds. The summed E-state index contributed by atoms with van der Waals surface area (Å²) in [5, 5.41) is 2.71. The molecule has 2 aromatic carbocycles. The van der Waals surface area contributed by atoms with E-state index in [4.69, 9.17) is 4.74 Å². The summed E-state index contributed by atoms with van der Waals surface area (Å²) in [6.07, 6.45) is 0. The summed E-state index contributed by atoms with van der Waals surface area (Å²) in [6.45, 7) is 6.52. The first-order valence-corrected chi connectivity index (χ1v) is 7.67. The number of nitrogens with zero attached hydrogens (tertiary/aromatic N) is 1. The number of halogens is 1. The van der Waals surface area contributed by atoms with Crippen molar-refractivity contribution in [1.82, 2.24) is 0 Å². The monoisotopic (exact) mass is 318 g/mol. The molecule has 1 saturated heterocycles. The number of ether oxygens (including phenoxy) is 1. The van der Waals surface area contributed by atoms with Crippen molar-refractivity contribution in [1.29, 1.82) is 0 Å². The number of benzene rings is 2. The molecule has 1 spiro atoms. The quantitative estimate of drug-likeness (QED) is 0.676. The molecule has 3 heteroatoms. The van der Waals surface area contributed by atoms with Crippen LogP contribution in [0.4, 0.5) is 0 Å². The Morgan fingerprint density at radius 2 is 1.58 bits per heavy atom. The molecule has 2 aromatic rings. The zero-order valence-electron chi connectivity index (χ0n) is 10.9. The zero-order chi connectivity index (χ0) is 12.9. The van der Waals surface area contributed by atoms with Crippen LogP contribution in [0.1, 0.15) is 11.1 Å². The maximum Gasteiger partial charge on any atom is 0.105 e. The van der Waals surface area contributed by atoms with E-state index in [1.165, 1.54) is 39.5 Å². The summed E-state index contributed by atoms with van der Waals surface area (Å²) >= 11 is 3.56. The average molecular weight is 319 g/mol. The highest BCUT2D eigenvalue weighted by Gasteiger charge is 2.37. The van der Waals surface area contributed by atoms with Gasteiger partial charge in [-0.2, -0.15) is 0 Å². The first kappa shape index (κ1) is 11.9. The Labute approximate surface area is 121 Å². The number of rotatable bonds is 0. The van der Waals surface area contributed by atoms with Gasteiger partial charge < -0.3 is 9.22 Å². The SMILES string of the molecule is Brc1ccc2cc3c(cc2c1)C[N+]1(CCOCC1)C3. The van der Waals surface area contributed by atoms with E-state index in [1.54, 1.807) is 0 Å². The van der Waals surface area contributed by atoms with Gasteiger partial charge in [-0.05, 0) is 35.0 Å². The predicted octanol–water partition coefficient (Wildman–Crippen LogP) is 3.46. The van der Waals surface area contributed by atoms with Crippen LogP contribution in [0.25, 0.3) is 10.8 Å². The van der Waals surface area contributed by atoms with Gasteiger partial charge in [0, 0.05) is 15.6 Å². The van der Waals surface area contributed by atoms with Crippen molar-refractivity contribution in [2.24, 2.45) is 0 Å². The normalized spacial score (nSPS) is 20.9. The second-order valence-corrected chi connectivity index (χ2v) is 6.75. The lowest BCUT2D eigenvalue weighted by atomic mass is 10.0. The molecule has 0 bridgehead atoms. The lowest BCUT2D eigenvalue weighted by Crippen LogP contribution is -2.50. The number of quaternary nitrogens is 1. The van der Waals surface area contributed by atoms with Crippen LogP contribution in [-0.2, 0) is 17.8 Å². The van der Waals surface area contributed by atoms with Crippen molar-refractivity contribution >= 4 is 26.7 Å². The molecule has 19 heavy (non-hydrogen) atoms. The third-order valence-electron chi connectivity index (χ3n) is 4.55. The molecular weight excluding hydrogens is 302 g/mol. The molecule has 0 radical (unpaired) electrons. The van der Waals surface area contributed by atoms with Crippen molar-refractivity contribution in [3.63, 3.8) is 0 Å². The standard InChI is InChI=1S/C16H17BrNO/c17-16-2-1-12-7-14-10-18(3-5-19-6-4-18)11-15(14)8-13(12)9-16/h1-2,7-9H,3-6,10-11H2/q+1. The summed E-state index contributed by atoms with van der Waals surface area (Å²) in [5.74, 6) is 0. The topological polar surface area (TPSA) is 9.23 Å². The molecule has 2 nitrogen and oxygen atoms in total. The molecule has 0 unspecified atom stereocenters. The maximum absolute atomic E-state index is 5.53. The fraction of sp³-hybridized carbons (Fsp3) is 0.375. The van der Waals surface area contributed by atoms with Gasteiger partial charge in [-0.3, -0.25) is 0 Å². The Balaban J connectivity index is 1.78. The van der Waals surface area contributed by atoms with Gasteiger partial charge in [-0.1, -0.05) is 22.0 Å². The average Bonchev–Trinajstić information content (AvgIpc) is 2.73. The lowest BCUT2D eigenvalue weighted by molar-refractivity contribution is -0.953. The molecule has 0 aliphatic carbocycles. The van der Waals surface area contributed by atoms with Gasteiger partial charge >= 0.3 is 0 Å². The molecule has 0 atom stereocenters. The fourth-order valence-electron chi connectivity index (χ4n) is 3.48. The van der Waals surface area contributed by atoms with E-state index in [0.717, 1.165) is 30.8 Å². The van der Waals surface area contributed by atoms with Crippen molar-refractivity contribution < 1.29 is 9.22 Å². The first-order valence-electron chi connectivity index (χ1n) is 6.88. The summed E-state index contributed by atoms with van der Waals surface area (Å²) in [5.41, 5.74) is 3.07. The van der Waals surface area contributed by atoms with Crippen molar-refractivity contribution in [3.8, 4) is 0 Å². The Kier molecular flexibility index (Phi) is 2.69. The zero-order valence-corrected chi connectivity index (χ0v) is 12.4. The number of hydrogen-bond donors (Lipinski definition) is 0. The molecule has 0 saturated carbocycles. The Morgan fingerprint density at radius 1 is 0.895 bits per heavy atom. The molecule has 98 valence electrons. The molecule has 1 fully saturated rings. The summed E-state index contributed by atoms with van der Waals surface area (Å²) in [4.78, 5) is 0. The van der Waals surface area contributed by atoms with Crippen LogP contribution < -0.4 is 0 Å². The van der Waals surface area contributed by atoms with E-state index in [9.17, 15) is 0 Å². The minimum Gasteiger partial charge on any atom is -0.370 e. The van der Waals surface area contributed by atoms with Gasteiger partial charge in [0.25, 0.3) is 0 Å². The second-order valence-electron chi connectivity index (χ2n) is 5.83. The molecule has 0 aromatic heterocycles. The van der Waals surface area contributed by atoms with Gasteiger partial charge in [0.1, 0.15) is 26.2 Å². The smallest absolute Gasteiger partial charge is 0.105 e. The third kappa shape index (κ3) is 2.00. The van der Waals surface area contributed by atoms with Crippen LogP contribution in [0.3, 0.4) is 0 Å². The first-order chi connectivity index (χ1) is 9.24. The Bertz CT molecular complexity index is 646. The summed E-state index contributed by atoms with van der Waals surface area (Å²) in [7, 11) is 0. The highest BCUT2D eigenvalue weighted by atomic mass is 79.9. The fourth-order valence-corrected chi connectivity index (χ4v) is 3.86. The van der Waals surface area contributed by atoms with E-state index >= 15 is 0 Å². The second kappa shape index (κ2) is 4.30. The number of fused-ring (bicyclic) bond motifs is 2. The Morgan fingerprint density at radius 3 is 2.32 bits per heavy atom. The highest BCUT2D eigenvalue weighted by molar-refractivity contribution is 9.10. The molecule has 2 aliphatic heterocycles. The van der Waals surface area contributed by atoms with Crippen molar-refractivity contribution in [3.05, 3.63) is 45.9 Å². The summed E-state index contributed by atoms with van der Waals surface area (Å²) in [6, 6.07) is 11.3. The molecule has 2 heterocycles.